The minimum atomic E-state index is -0.766. The third-order valence-electron chi connectivity index (χ3n) is 4.29. The number of likely N-dealkylation sites (N-methyl/N-ethyl adjacent to an activating group) is 1. The van der Waals surface area contributed by atoms with E-state index in [-0.39, 0.29) is 6.42 Å². The lowest BCUT2D eigenvalue weighted by Crippen LogP contribution is -2.54. The molecule has 1 aromatic rings. The zero-order valence-electron chi connectivity index (χ0n) is 12.5. The van der Waals surface area contributed by atoms with Gasteiger partial charge in [-0.3, -0.25) is 14.6 Å². The van der Waals surface area contributed by atoms with E-state index >= 15 is 0 Å². The number of carboxylic acid groups (broad SMARTS) is 1. The lowest BCUT2D eigenvalue weighted by atomic mass is 10.0. The first-order valence-electron chi connectivity index (χ1n) is 7.20. The van der Waals surface area contributed by atoms with Crippen LogP contribution in [0.5, 0.6) is 0 Å². The van der Waals surface area contributed by atoms with Gasteiger partial charge in [0.15, 0.2) is 0 Å². The van der Waals surface area contributed by atoms with E-state index in [9.17, 15) is 4.79 Å². The van der Waals surface area contributed by atoms with E-state index in [1.807, 2.05) is 24.3 Å². The van der Waals surface area contributed by atoms with Crippen LogP contribution in [0.1, 0.15) is 25.0 Å². The maximum atomic E-state index is 10.9. The Morgan fingerprint density at radius 3 is 2.30 bits per heavy atom. The average molecular weight is 276 g/mol. The van der Waals surface area contributed by atoms with E-state index in [0.29, 0.717) is 12.1 Å². The van der Waals surface area contributed by atoms with Crippen LogP contribution in [0, 0.1) is 0 Å². The smallest absolute Gasteiger partial charge is 0.307 e. The van der Waals surface area contributed by atoms with Gasteiger partial charge in [-0.05, 0) is 32.0 Å². The molecule has 1 aromatic carbocycles. The van der Waals surface area contributed by atoms with Gasteiger partial charge in [0.1, 0.15) is 0 Å². The Balaban J connectivity index is 2.08. The van der Waals surface area contributed by atoms with E-state index in [1.165, 1.54) is 0 Å². The number of rotatable bonds is 4. The topological polar surface area (TPSA) is 43.8 Å². The third-order valence-corrected chi connectivity index (χ3v) is 4.29. The highest BCUT2D eigenvalue weighted by Crippen LogP contribution is 2.18. The average Bonchev–Trinajstić information content (AvgIpc) is 2.37. The van der Waals surface area contributed by atoms with E-state index in [2.05, 4.69) is 30.7 Å². The van der Waals surface area contributed by atoms with Crippen LogP contribution in [0.4, 0.5) is 0 Å². The highest BCUT2D eigenvalue weighted by molar-refractivity contribution is 5.70. The normalized spacial score (nSPS) is 24.8. The highest BCUT2D eigenvalue weighted by Gasteiger charge is 2.26. The summed E-state index contributed by atoms with van der Waals surface area (Å²) in [5.41, 5.74) is 2.07. The van der Waals surface area contributed by atoms with Gasteiger partial charge in [-0.25, -0.2) is 0 Å². The summed E-state index contributed by atoms with van der Waals surface area (Å²) in [5.74, 6) is -0.766. The van der Waals surface area contributed by atoms with Crippen molar-refractivity contribution in [1.82, 2.24) is 9.80 Å². The summed E-state index contributed by atoms with van der Waals surface area (Å²) >= 11 is 0. The van der Waals surface area contributed by atoms with E-state index in [4.69, 9.17) is 5.11 Å². The molecule has 1 heterocycles. The summed E-state index contributed by atoms with van der Waals surface area (Å²) in [4.78, 5) is 15.8. The molecule has 0 radical (unpaired) electrons. The SMILES string of the molecule is CC1CN(Cc2ccccc2CC(=O)O)CC(C)N1C. The largest absolute Gasteiger partial charge is 0.481 e. The minimum Gasteiger partial charge on any atom is -0.481 e. The standard InChI is InChI=1S/C16H24N2O2/c1-12-9-18(10-13(2)17(12)3)11-15-7-5-4-6-14(15)8-16(19)20/h4-7,12-13H,8-11H2,1-3H3,(H,19,20). The Kier molecular flexibility index (Phi) is 4.78. The molecule has 4 heteroatoms. The van der Waals surface area contributed by atoms with Gasteiger partial charge in [-0.2, -0.15) is 0 Å². The van der Waals surface area contributed by atoms with Crippen molar-refractivity contribution in [3.63, 3.8) is 0 Å². The van der Waals surface area contributed by atoms with Gasteiger partial charge in [0.2, 0.25) is 0 Å². The maximum Gasteiger partial charge on any atom is 0.307 e. The highest BCUT2D eigenvalue weighted by atomic mass is 16.4. The van der Waals surface area contributed by atoms with Crippen LogP contribution in [-0.4, -0.2) is 53.1 Å². The number of carbonyl (C=O) groups is 1. The van der Waals surface area contributed by atoms with Crippen molar-refractivity contribution in [2.24, 2.45) is 0 Å². The van der Waals surface area contributed by atoms with E-state index in [0.717, 1.165) is 30.8 Å². The van der Waals surface area contributed by atoms with E-state index in [1.54, 1.807) is 0 Å². The molecule has 0 bridgehead atoms. The van der Waals surface area contributed by atoms with Crippen LogP contribution >= 0.6 is 0 Å². The summed E-state index contributed by atoms with van der Waals surface area (Å²) in [7, 11) is 2.17. The van der Waals surface area contributed by atoms with Gasteiger partial charge in [-0.15, -0.1) is 0 Å². The molecular weight excluding hydrogens is 252 g/mol. The van der Waals surface area contributed by atoms with Crippen molar-refractivity contribution < 1.29 is 9.90 Å². The number of hydrogen-bond donors (Lipinski definition) is 1. The van der Waals surface area contributed by atoms with Crippen LogP contribution < -0.4 is 0 Å². The molecule has 20 heavy (non-hydrogen) atoms. The zero-order valence-corrected chi connectivity index (χ0v) is 12.5. The lowest BCUT2D eigenvalue weighted by molar-refractivity contribution is -0.136. The molecular formula is C16H24N2O2. The fourth-order valence-electron chi connectivity index (χ4n) is 2.93. The Bertz CT molecular complexity index is 463. The van der Waals surface area contributed by atoms with Crippen molar-refractivity contribution in [2.75, 3.05) is 20.1 Å². The van der Waals surface area contributed by atoms with Crippen molar-refractivity contribution in [1.29, 1.82) is 0 Å². The summed E-state index contributed by atoms with van der Waals surface area (Å²) in [6.07, 6.45) is 0.106. The van der Waals surface area contributed by atoms with E-state index < -0.39 is 5.97 Å². The molecule has 2 rings (SSSR count). The predicted octanol–water partition coefficient (Wildman–Crippen LogP) is 1.84. The molecule has 1 aliphatic rings. The number of piperazine rings is 1. The zero-order chi connectivity index (χ0) is 14.7. The third kappa shape index (κ3) is 3.58. The summed E-state index contributed by atoms with van der Waals surface area (Å²) < 4.78 is 0. The summed E-state index contributed by atoms with van der Waals surface area (Å²) in [6.45, 7) is 7.38. The Hall–Kier alpha value is -1.39. The molecule has 1 saturated heterocycles. The monoisotopic (exact) mass is 276 g/mol. The number of benzene rings is 1. The molecule has 2 atom stereocenters. The second kappa shape index (κ2) is 6.37. The van der Waals surface area contributed by atoms with Crippen LogP contribution in [0.15, 0.2) is 24.3 Å². The van der Waals surface area contributed by atoms with Crippen molar-refractivity contribution in [3.05, 3.63) is 35.4 Å². The number of nitrogens with zero attached hydrogens (tertiary/aromatic N) is 2. The van der Waals surface area contributed by atoms with Crippen molar-refractivity contribution in [2.45, 2.75) is 38.9 Å². The van der Waals surface area contributed by atoms with Gasteiger partial charge >= 0.3 is 5.97 Å². The Morgan fingerprint density at radius 1 is 1.20 bits per heavy atom. The quantitative estimate of drug-likeness (QED) is 0.911. The lowest BCUT2D eigenvalue weighted by Gasteiger charge is -2.42. The summed E-state index contributed by atoms with van der Waals surface area (Å²) in [6, 6.07) is 8.94. The molecule has 1 fully saturated rings. The van der Waals surface area contributed by atoms with Crippen LogP contribution in [0.3, 0.4) is 0 Å². The Morgan fingerprint density at radius 2 is 1.75 bits per heavy atom. The van der Waals surface area contributed by atoms with Crippen LogP contribution in [0.25, 0.3) is 0 Å². The molecule has 4 nitrogen and oxygen atoms in total. The fraction of sp³-hybridized carbons (Fsp3) is 0.562. The van der Waals surface area contributed by atoms with Gasteiger partial charge in [0, 0.05) is 31.7 Å². The van der Waals surface area contributed by atoms with Gasteiger partial charge < -0.3 is 5.11 Å². The predicted molar refractivity (Wildman–Crippen MR) is 79.7 cm³/mol. The van der Waals surface area contributed by atoms with Gasteiger partial charge in [0.25, 0.3) is 0 Å². The van der Waals surface area contributed by atoms with Gasteiger partial charge in [-0.1, -0.05) is 24.3 Å². The maximum absolute atomic E-state index is 10.9. The first-order valence-corrected chi connectivity index (χ1v) is 7.20. The molecule has 0 saturated carbocycles. The molecule has 0 spiro atoms. The first kappa shape index (κ1) is 15.0. The first-order chi connectivity index (χ1) is 9.47. The molecule has 110 valence electrons. The van der Waals surface area contributed by atoms with Crippen LogP contribution in [-0.2, 0) is 17.8 Å². The molecule has 0 amide bonds. The Labute approximate surface area is 121 Å². The van der Waals surface area contributed by atoms with Crippen LogP contribution in [0.2, 0.25) is 0 Å². The molecule has 0 aliphatic carbocycles. The second-order valence-corrected chi connectivity index (χ2v) is 5.90. The molecule has 2 unspecified atom stereocenters. The van der Waals surface area contributed by atoms with Crippen molar-refractivity contribution >= 4 is 5.97 Å². The number of aliphatic carboxylic acids is 1. The number of hydrogen-bond acceptors (Lipinski definition) is 3. The molecule has 1 N–H and O–H groups in total. The summed E-state index contributed by atoms with van der Waals surface area (Å²) in [5, 5.41) is 9.00. The molecule has 0 aromatic heterocycles. The molecule has 1 aliphatic heterocycles. The second-order valence-electron chi connectivity index (χ2n) is 5.90. The van der Waals surface area contributed by atoms with Gasteiger partial charge in [0.05, 0.1) is 6.42 Å². The van der Waals surface area contributed by atoms with Crippen molar-refractivity contribution in [3.8, 4) is 0 Å². The fourth-order valence-corrected chi connectivity index (χ4v) is 2.93. The minimum absolute atomic E-state index is 0.106. The number of carboxylic acids is 1.